The molecule has 3 nitrogen and oxygen atoms in total. The highest BCUT2D eigenvalue weighted by Crippen LogP contribution is 2.25. The summed E-state index contributed by atoms with van der Waals surface area (Å²) in [5.41, 5.74) is 7.39. The molecular formula is C15H22ClN3S. The highest BCUT2D eigenvalue weighted by atomic mass is 35.5. The van der Waals surface area contributed by atoms with Crippen molar-refractivity contribution in [3.63, 3.8) is 0 Å². The van der Waals surface area contributed by atoms with Gasteiger partial charge >= 0.3 is 0 Å². The third kappa shape index (κ3) is 4.08. The van der Waals surface area contributed by atoms with Crippen molar-refractivity contribution in [1.29, 1.82) is 0 Å². The van der Waals surface area contributed by atoms with Gasteiger partial charge in [-0.25, -0.2) is 0 Å². The van der Waals surface area contributed by atoms with Crippen molar-refractivity contribution in [3.8, 4) is 0 Å². The number of likely N-dealkylation sites (tertiary alicyclic amines) is 1. The molecule has 3 N–H and O–H groups in total. The molecule has 1 heterocycles. The van der Waals surface area contributed by atoms with E-state index in [-0.39, 0.29) is 0 Å². The zero-order valence-electron chi connectivity index (χ0n) is 11.9. The molecule has 0 unspecified atom stereocenters. The lowest BCUT2D eigenvalue weighted by atomic mass is 10.0. The Morgan fingerprint density at radius 2 is 2.15 bits per heavy atom. The molecule has 1 aliphatic heterocycles. The molecule has 0 radical (unpaired) electrons. The average Bonchev–Trinajstić information content (AvgIpc) is 2.43. The van der Waals surface area contributed by atoms with E-state index >= 15 is 0 Å². The summed E-state index contributed by atoms with van der Waals surface area (Å²) in [5, 5.41) is 4.22. The van der Waals surface area contributed by atoms with Crippen LogP contribution in [0.15, 0.2) is 18.2 Å². The first-order valence-corrected chi connectivity index (χ1v) is 7.97. The monoisotopic (exact) mass is 311 g/mol. The molecule has 1 saturated heterocycles. The molecule has 0 atom stereocenters. The zero-order valence-corrected chi connectivity index (χ0v) is 13.4. The number of anilines is 1. The van der Waals surface area contributed by atoms with Gasteiger partial charge in [0.1, 0.15) is 4.99 Å². The van der Waals surface area contributed by atoms with Crippen LogP contribution in [-0.2, 0) is 0 Å². The number of nitrogens with zero attached hydrogens (tertiary/aromatic N) is 1. The number of halogens is 1. The van der Waals surface area contributed by atoms with Gasteiger partial charge in [0.2, 0.25) is 0 Å². The van der Waals surface area contributed by atoms with Crippen molar-refractivity contribution in [2.24, 2.45) is 5.73 Å². The normalized spacial score (nSPS) is 17.1. The van der Waals surface area contributed by atoms with Gasteiger partial charge in [-0.2, -0.15) is 0 Å². The lowest BCUT2D eigenvalue weighted by Gasteiger charge is -2.32. The Bertz CT molecular complexity index is 470. The fourth-order valence-corrected chi connectivity index (χ4v) is 2.98. The number of hydrogen-bond donors (Lipinski definition) is 2. The van der Waals surface area contributed by atoms with E-state index in [9.17, 15) is 0 Å². The van der Waals surface area contributed by atoms with Crippen molar-refractivity contribution in [2.75, 3.05) is 25.0 Å². The fraction of sp³-hybridized carbons (Fsp3) is 0.533. The molecule has 20 heavy (non-hydrogen) atoms. The van der Waals surface area contributed by atoms with Crippen molar-refractivity contribution in [2.45, 2.75) is 32.2 Å². The molecule has 2 rings (SSSR count). The highest BCUT2D eigenvalue weighted by molar-refractivity contribution is 7.80. The smallest absolute Gasteiger partial charge is 0.104 e. The Morgan fingerprint density at radius 3 is 2.70 bits per heavy atom. The number of rotatable bonds is 5. The third-order valence-electron chi connectivity index (χ3n) is 3.74. The molecule has 1 aromatic carbocycles. The minimum absolute atomic E-state index is 0.381. The van der Waals surface area contributed by atoms with Gasteiger partial charge in [0.25, 0.3) is 0 Å². The first kappa shape index (κ1) is 15.5. The number of nitrogens with two attached hydrogens (primary N) is 1. The Balaban J connectivity index is 1.93. The van der Waals surface area contributed by atoms with Crippen molar-refractivity contribution >= 4 is 34.5 Å². The maximum atomic E-state index is 6.28. The van der Waals surface area contributed by atoms with Gasteiger partial charge in [-0.15, -0.1) is 0 Å². The van der Waals surface area contributed by atoms with E-state index in [4.69, 9.17) is 29.6 Å². The summed E-state index contributed by atoms with van der Waals surface area (Å²) < 4.78 is 0. The van der Waals surface area contributed by atoms with Crippen LogP contribution in [0, 0.1) is 0 Å². The summed E-state index contributed by atoms with van der Waals surface area (Å²) in [5.74, 6) is 0. The summed E-state index contributed by atoms with van der Waals surface area (Å²) in [6.45, 7) is 5.76. The zero-order chi connectivity index (χ0) is 14.5. The van der Waals surface area contributed by atoms with Gasteiger partial charge in [-0.1, -0.05) is 30.7 Å². The Kier molecular flexibility index (Phi) is 5.64. The second kappa shape index (κ2) is 7.25. The van der Waals surface area contributed by atoms with Crippen LogP contribution in [0.3, 0.4) is 0 Å². The van der Waals surface area contributed by atoms with Crippen molar-refractivity contribution < 1.29 is 0 Å². The minimum Gasteiger partial charge on any atom is -0.389 e. The lowest BCUT2D eigenvalue weighted by Crippen LogP contribution is -2.39. The lowest BCUT2D eigenvalue weighted by molar-refractivity contribution is 0.219. The van der Waals surface area contributed by atoms with E-state index in [1.807, 2.05) is 18.2 Å². The SMILES string of the molecule is CCCN1CCC(Nc2ccc(C(N)=S)cc2Cl)CC1. The molecule has 0 saturated carbocycles. The topological polar surface area (TPSA) is 41.3 Å². The van der Waals surface area contributed by atoms with Gasteiger partial charge in [-0.05, 0) is 44.0 Å². The number of piperidine rings is 1. The van der Waals surface area contributed by atoms with Crippen LogP contribution in [-0.4, -0.2) is 35.6 Å². The summed E-state index contributed by atoms with van der Waals surface area (Å²) in [6.07, 6.45) is 3.55. The Hall–Kier alpha value is -0.840. The molecule has 0 bridgehead atoms. The molecule has 1 fully saturated rings. The van der Waals surface area contributed by atoms with E-state index in [2.05, 4.69) is 17.1 Å². The molecule has 1 aromatic rings. The molecule has 0 aromatic heterocycles. The van der Waals surface area contributed by atoms with Crippen LogP contribution in [0.4, 0.5) is 5.69 Å². The summed E-state index contributed by atoms with van der Waals surface area (Å²) in [6, 6.07) is 6.22. The predicted octanol–water partition coefficient (Wildman–Crippen LogP) is 3.26. The summed E-state index contributed by atoms with van der Waals surface area (Å²) in [4.78, 5) is 2.90. The molecular weight excluding hydrogens is 290 g/mol. The van der Waals surface area contributed by atoms with Crippen LogP contribution < -0.4 is 11.1 Å². The second-order valence-corrected chi connectivity index (χ2v) is 6.17. The quantitative estimate of drug-likeness (QED) is 0.819. The summed E-state index contributed by atoms with van der Waals surface area (Å²) >= 11 is 11.2. The van der Waals surface area contributed by atoms with Gasteiger partial charge in [0.05, 0.1) is 10.7 Å². The molecule has 110 valence electrons. The van der Waals surface area contributed by atoms with Gasteiger partial charge in [-0.3, -0.25) is 0 Å². The van der Waals surface area contributed by atoms with Crippen LogP contribution in [0.1, 0.15) is 31.7 Å². The van der Waals surface area contributed by atoms with Crippen molar-refractivity contribution in [3.05, 3.63) is 28.8 Å². The maximum Gasteiger partial charge on any atom is 0.104 e. The maximum absolute atomic E-state index is 6.28. The molecule has 0 aliphatic carbocycles. The van der Waals surface area contributed by atoms with E-state index in [0.717, 1.165) is 37.2 Å². The molecule has 0 spiro atoms. The van der Waals surface area contributed by atoms with E-state index < -0.39 is 0 Å². The standard InChI is InChI=1S/C15H22ClN3S/c1-2-7-19-8-5-12(6-9-19)18-14-4-3-11(15(17)20)10-13(14)16/h3-4,10,12,18H,2,5-9H2,1H3,(H2,17,20). The number of nitrogens with one attached hydrogen (secondary N) is 1. The van der Waals surface area contributed by atoms with Crippen molar-refractivity contribution in [1.82, 2.24) is 4.90 Å². The van der Waals surface area contributed by atoms with Crippen LogP contribution in [0.25, 0.3) is 0 Å². The van der Waals surface area contributed by atoms with Gasteiger partial charge < -0.3 is 16.0 Å². The van der Waals surface area contributed by atoms with Gasteiger partial charge in [0, 0.05) is 24.7 Å². The third-order valence-corrected chi connectivity index (χ3v) is 4.29. The van der Waals surface area contributed by atoms with Crippen LogP contribution in [0.2, 0.25) is 5.02 Å². The number of thiocarbonyl (C=S) groups is 1. The van der Waals surface area contributed by atoms with E-state index in [1.165, 1.54) is 13.0 Å². The molecule has 0 amide bonds. The van der Waals surface area contributed by atoms with Crippen LogP contribution >= 0.6 is 23.8 Å². The Labute approximate surface area is 131 Å². The predicted molar refractivity (Wildman–Crippen MR) is 90.7 cm³/mol. The molecule has 1 aliphatic rings. The summed E-state index contributed by atoms with van der Waals surface area (Å²) in [7, 11) is 0. The first-order chi connectivity index (χ1) is 9.60. The average molecular weight is 312 g/mol. The van der Waals surface area contributed by atoms with Gasteiger partial charge in [0.15, 0.2) is 0 Å². The first-order valence-electron chi connectivity index (χ1n) is 7.18. The largest absolute Gasteiger partial charge is 0.389 e. The Morgan fingerprint density at radius 1 is 1.45 bits per heavy atom. The molecule has 5 heteroatoms. The fourth-order valence-electron chi connectivity index (χ4n) is 2.62. The number of benzene rings is 1. The van der Waals surface area contributed by atoms with E-state index in [0.29, 0.717) is 16.1 Å². The second-order valence-electron chi connectivity index (χ2n) is 5.32. The van der Waals surface area contributed by atoms with E-state index in [1.54, 1.807) is 0 Å². The number of hydrogen-bond acceptors (Lipinski definition) is 3. The highest BCUT2D eigenvalue weighted by Gasteiger charge is 2.19. The van der Waals surface area contributed by atoms with Crippen LogP contribution in [0.5, 0.6) is 0 Å². The minimum atomic E-state index is 0.381.